The van der Waals surface area contributed by atoms with Gasteiger partial charge in [0.15, 0.2) is 5.78 Å². The molecule has 0 aromatic carbocycles. The second-order valence-corrected chi connectivity index (χ2v) is 4.55. The molecular formula is C9H5NOS2. The van der Waals surface area contributed by atoms with Crippen LogP contribution in [-0.4, -0.2) is 5.78 Å². The smallest absolute Gasteiger partial charge is 0.186 e. The van der Waals surface area contributed by atoms with E-state index in [0.717, 1.165) is 9.40 Å². The molecule has 0 amide bonds. The lowest BCUT2D eigenvalue weighted by molar-refractivity contribution is 0.100. The molecule has 0 aliphatic heterocycles. The summed E-state index contributed by atoms with van der Waals surface area (Å²) in [7, 11) is 0. The summed E-state index contributed by atoms with van der Waals surface area (Å²) in [6, 6.07) is 5.72. The fourth-order valence-corrected chi connectivity index (χ4v) is 3.11. The SMILES string of the molecule is N#CCC(=O)c1cc2sccc2s1. The van der Waals surface area contributed by atoms with Gasteiger partial charge in [-0.3, -0.25) is 4.79 Å². The van der Waals surface area contributed by atoms with E-state index in [1.54, 1.807) is 11.3 Å². The van der Waals surface area contributed by atoms with Crippen LogP contribution in [0.1, 0.15) is 16.1 Å². The van der Waals surface area contributed by atoms with Crippen molar-refractivity contribution in [3.63, 3.8) is 0 Å². The van der Waals surface area contributed by atoms with Crippen LogP contribution in [0.3, 0.4) is 0 Å². The van der Waals surface area contributed by atoms with Crippen molar-refractivity contribution >= 4 is 37.9 Å². The van der Waals surface area contributed by atoms with Gasteiger partial charge in [0.1, 0.15) is 0 Å². The molecule has 0 unspecified atom stereocenters. The minimum atomic E-state index is -0.0732. The quantitative estimate of drug-likeness (QED) is 0.710. The Kier molecular flexibility index (Phi) is 2.13. The molecule has 4 heteroatoms. The van der Waals surface area contributed by atoms with Gasteiger partial charge in [-0.25, -0.2) is 0 Å². The van der Waals surface area contributed by atoms with E-state index in [9.17, 15) is 4.79 Å². The van der Waals surface area contributed by atoms with E-state index >= 15 is 0 Å². The Morgan fingerprint density at radius 1 is 1.54 bits per heavy atom. The van der Waals surface area contributed by atoms with Crippen molar-refractivity contribution in [2.45, 2.75) is 6.42 Å². The first kappa shape index (κ1) is 8.42. The maximum absolute atomic E-state index is 11.3. The number of nitriles is 1. The molecule has 2 rings (SSSR count). The molecule has 0 fully saturated rings. The number of nitrogens with zero attached hydrogens (tertiary/aromatic N) is 1. The summed E-state index contributed by atoms with van der Waals surface area (Å²) in [6.45, 7) is 0. The molecule has 0 N–H and O–H groups in total. The summed E-state index contributed by atoms with van der Waals surface area (Å²) in [5.41, 5.74) is 0. The average molecular weight is 207 g/mol. The van der Waals surface area contributed by atoms with Crippen LogP contribution in [0.4, 0.5) is 0 Å². The lowest BCUT2D eigenvalue weighted by Gasteiger charge is -1.85. The molecule has 64 valence electrons. The van der Waals surface area contributed by atoms with Gasteiger partial charge in [0, 0.05) is 9.40 Å². The number of ketones is 1. The van der Waals surface area contributed by atoms with Crippen molar-refractivity contribution in [3.05, 3.63) is 22.4 Å². The van der Waals surface area contributed by atoms with Gasteiger partial charge in [0.05, 0.1) is 17.4 Å². The summed E-state index contributed by atoms with van der Waals surface area (Å²) in [5, 5.41) is 10.4. The number of fused-ring (bicyclic) bond motifs is 1. The maximum Gasteiger partial charge on any atom is 0.186 e. The summed E-state index contributed by atoms with van der Waals surface area (Å²) < 4.78 is 2.26. The average Bonchev–Trinajstić information content (AvgIpc) is 2.61. The molecular weight excluding hydrogens is 202 g/mol. The van der Waals surface area contributed by atoms with E-state index in [4.69, 9.17) is 5.26 Å². The van der Waals surface area contributed by atoms with Crippen LogP contribution in [-0.2, 0) is 0 Å². The summed E-state index contributed by atoms with van der Waals surface area (Å²) in [6.07, 6.45) is -0.0201. The lowest BCUT2D eigenvalue weighted by atomic mass is 10.2. The van der Waals surface area contributed by atoms with Gasteiger partial charge in [-0.2, -0.15) is 5.26 Å². The Balaban J connectivity index is 2.40. The van der Waals surface area contributed by atoms with Crippen LogP contribution >= 0.6 is 22.7 Å². The Labute approximate surface area is 83.0 Å². The molecule has 0 saturated carbocycles. The number of thiophene rings is 2. The van der Waals surface area contributed by atoms with Crippen molar-refractivity contribution in [2.24, 2.45) is 0 Å². The Hall–Kier alpha value is -1.18. The highest BCUT2D eigenvalue weighted by Gasteiger charge is 2.09. The summed E-state index contributed by atoms with van der Waals surface area (Å²) in [4.78, 5) is 12.0. The van der Waals surface area contributed by atoms with E-state index < -0.39 is 0 Å². The predicted octanol–water partition coefficient (Wildman–Crippen LogP) is 3.06. The third-order valence-corrected chi connectivity index (χ3v) is 3.79. The van der Waals surface area contributed by atoms with E-state index in [2.05, 4.69) is 0 Å². The van der Waals surface area contributed by atoms with Gasteiger partial charge >= 0.3 is 0 Å². The van der Waals surface area contributed by atoms with Crippen LogP contribution in [0, 0.1) is 11.3 Å². The Morgan fingerprint density at radius 3 is 3.08 bits per heavy atom. The zero-order chi connectivity index (χ0) is 9.26. The maximum atomic E-state index is 11.3. The van der Waals surface area contributed by atoms with E-state index in [1.165, 1.54) is 11.3 Å². The second kappa shape index (κ2) is 3.29. The van der Waals surface area contributed by atoms with E-state index in [-0.39, 0.29) is 12.2 Å². The van der Waals surface area contributed by atoms with E-state index in [1.807, 2.05) is 23.6 Å². The van der Waals surface area contributed by atoms with Crippen LogP contribution in [0.5, 0.6) is 0 Å². The molecule has 13 heavy (non-hydrogen) atoms. The summed E-state index contributed by atoms with van der Waals surface area (Å²) >= 11 is 3.08. The van der Waals surface area contributed by atoms with Crippen molar-refractivity contribution in [1.29, 1.82) is 5.26 Å². The fourth-order valence-electron chi connectivity index (χ4n) is 1.06. The number of carbonyl (C=O) groups is 1. The van der Waals surface area contributed by atoms with Crippen LogP contribution in [0.2, 0.25) is 0 Å². The number of hydrogen-bond donors (Lipinski definition) is 0. The fraction of sp³-hybridized carbons (Fsp3) is 0.111. The monoisotopic (exact) mass is 207 g/mol. The molecule has 0 saturated heterocycles. The third-order valence-electron chi connectivity index (χ3n) is 1.65. The van der Waals surface area contributed by atoms with Crippen LogP contribution in [0.15, 0.2) is 17.5 Å². The van der Waals surface area contributed by atoms with Crippen LogP contribution < -0.4 is 0 Å². The number of hydrogen-bond acceptors (Lipinski definition) is 4. The van der Waals surface area contributed by atoms with E-state index in [0.29, 0.717) is 4.88 Å². The predicted molar refractivity (Wildman–Crippen MR) is 54.3 cm³/mol. The summed E-state index contributed by atoms with van der Waals surface area (Å²) in [5.74, 6) is -0.0732. The van der Waals surface area contributed by atoms with Gasteiger partial charge in [0.25, 0.3) is 0 Å². The first-order valence-electron chi connectivity index (χ1n) is 3.68. The number of carbonyl (C=O) groups excluding carboxylic acids is 1. The minimum absolute atomic E-state index is 0.0201. The normalized spacial score (nSPS) is 10.1. The lowest BCUT2D eigenvalue weighted by Crippen LogP contribution is -1.91. The standard InChI is InChI=1S/C9H5NOS2/c10-3-1-6(11)8-5-9-7(13-8)2-4-12-9/h2,4-5H,1H2. The number of Topliss-reactive ketones (excluding diaryl/α,β-unsaturated/α-hetero) is 1. The van der Waals surface area contributed by atoms with Gasteiger partial charge in [-0.05, 0) is 17.5 Å². The Morgan fingerprint density at radius 2 is 2.38 bits per heavy atom. The van der Waals surface area contributed by atoms with Gasteiger partial charge in [-0.15, -0.1) is 22.7 Å². The number of rotatable bonds is 2. The molecule has 2 aromatic heterocycles. The highest BCUT2D eigenvalue weighted by molar-refractivity contribution is 7.27. The minimum Gasteiger partial charge on any atom is -0.292 e. The van der Waals surface area contributed by atoms with Crippen molar-refractivity contribution in [1.82, 2.24) is 0 Å². The second-order valence-electron chi connectivity index (χ2n) is 2.52. The zero-order valence-electron chi connectivity index (χ0n) is 6.61. The molecule has 0 bridgehead atoms. The molecule has 0 radical (unpaired) electrons. The zero-order valence-corrected chi connectivity index (χ0v) is 8.24. The molecule has 0 aliphatic rings. The van der Waals surface area contributed by atoms with Gasteiger partial charge < -0.3 is 0 Å². The highest BCUT2D eigenvalue weighted by Crippen LogP contribution is 2.30. The molecule has 2 nitrogen and oxygen atoms in total. The third kappa shape index (κ3) is 1.48. The highest BCUT2D eigenvalue weighted by atomic mass is 32.1. The topological polar surface area (TPSA) is 40.9 Å². The van der Waals surface area contributed by atoms with Crippen molar-refractivity contribution in [2.75, 3.05) is 0 Å². The molecule has 2 aromatic rings. The molecule has 0 aliphatic carbocycles. The van der Waals surface area contributed by atoms with Crippen molar-refractivity contribution in [3.8, 4) is 6.07 Å². The first-order valence-corrected chi connectivity index (χ1v) is 5.38. The van der Waals surface area contributed by atoms with Crippen LogP contribution in [0.25, 0.3) is 9.40 Å². The molecule has 0 atom stereocenters. The van der Waals surface area contributed by atoms with Crippen molar-refractivity contribution < 1.29 is 4.79 Å². The first-order chi connectivity index (χ1) is 6.31. The van der Waals surface area contributed by atoms with Gasteiger partial charge in [0.2, 0.25) is 0 Å². The Bertz CT molecular complexity index is 460. The largest absolute Gasteiger partial charge is 0.292 e. The molecule has 0 spiro atoms. The molecule has 2 heterocycles. The van der Waals surface area contributed by atoms with Gasteiger partial charge in [-0.1, -0.05) is 0 Å².